The van der Waals surface area contributed by atoms with Crippen LogP contribution in [0.4, 0.5) is 0 Å². The summed E-state index contributed by atoms with van der Waals surface area (Å²) in [5.74, 6) is 0.296. The third-order valence-corrected chi connectivity index (χ3v) is 5.97. The van der Waals surface area contributed by atoms with E-state index in [1.807, 2.05) is 0 Å². The highest BCUT2D eigenvalue weighted by Crippen LogP contribution is 2.29. The minimum Gasteiger partial charge on any atom is -0.515 e. The maximum absolute atomic E-state index is 10.1. The molecule has 3 aromatic carbocycles. The van der Waals surface area contributed by atoms with E-state index in [9.17, 15) is 15.3 Å². The van der Waals surface area contributed by atoms with Crippen molar-refractivity contribution in [1.82, 2.24) is 15.0 Å². The molecule has 0 spiro atoms. The largest absolute Gasteiger partial charge is 0.515 e. The van der Waals surface area contributed by atoms with Crippen molar-refractivity contribution in [3.63, 3.8) is 0 Å². The third kappa shape index (κ3) is 5.52. The molecule has 4 rings (SSSR count). The van der Waals surface area contributed by atoms with E-state index in [0.717, 1.165) is 18.8 Å². The van der Waals surface area contributed by atoms with Crippen LogP contribution in [0.3, 0.4) is 0 Å². The molecule has 1 aromatic heterocycles. The summed E-state index contributed by atoms with van der Waals surface area (Å²) in [6.07, 6.45) is 2.63. The summed E-state index contributed by atoms with van der Waals surface area (Å²) >= 11 is 18.1. The van der Waals surface area contributed by atoms with Gasteiger partial charge in [-0.25, -0.2) is 15.0 Å². The van der Waals surface area contributed by atoms with Gasteiger partial charge in [0.15, 0.2) is 17.5 Å². The zero-order valence-corrected chi connectivity index (χ0v) is 20.7. The van der Waals surface area contributed by atoms with Gasteiger partial charge in [0, 0.05) is 15.1 Å². The van der Waals surface area contributed by atoms with Gasteiger partial charge in [-0.1, -0.05) is 71.2 Å². The van der Waals surface area contributed by atoms with Crippen LogP contribution in [0.15, 0.2) is 91.6 Å². The summed E-state index contributed by atoms with van der Waals surface area (Å²) in [6, 6.07) is 20.3. The zero-order chi connectivity index (χ0) is 25.7. The van der Waals surface area contributed by atoms with Gasteiger partial charge in [0.25, 0.3) is 0 Å². The number of hydrogen-bond donors (Lipinski definition) is 3. The number of rotatable bonds is 6. The first-order valence-electron chi connectivity index (χ1n) is 10.5. The zero-order valence-electron chi connectivity index (χ0n) is 18.5. The lowest BCUT2D eigenvalue weighted by Crippen LogP contribution is -2.09. The molecular formula is C27H18Cl3N3O3. The van der Waals surface area contributed by atoms with E-state index in [0.29, 0.717) is 31.8 Å². The summed E-state index contributed by atoms with van der Waals surface area (Å²) in [6.45, 7) is 0. The summed E-state index contributed by atoms with van der Waals surface area (Å²) in [5.41, 5.74) is 2.60. The van der Waals surface area contributed by atoms with Crippen molar-refractivity contribution in [3.8, 4) is 0 Å². The first-order chi connectivity index (χ1) is 17.4. The fourth-order valence-corrected chi connectivity index (χ4v) is 3.79. The van der Waals surface area contributed by atoms with Crippen molar-refractivity contribution in [2.45, 2.75) is 0 Å². The average Bonchev–Trinajstić information content (AvgIpc) is 2.89. The molecule has 0 unspecified atom stereocenters. The highest BCUT2D eigenvalue weighted by Gasteiger charge is 2.20. The number of aromatic nitrogens is 3. The molecule has 36 heavy (non-hydrogen) atoms. The Balaban J connectivity index is 1.93. The van der Waals surface area contributed by atoms with Crippen molar-refractivity contribution >= 4 is 51.5 Å². The smallest absolute Gasteiger partial charge is 0.167 e. The fourth-order valence-electron chi connectivity index (χ4n) is 3.41. The number of benzene rings is 3. The topological polar surface area (TPSA) is 99.4 Å². The first-order valence-corrected chi connectivity index (χ1v) is 11.6. The Bertz CT molecular complexity index is 1270. The highest BCUT2D eigenvalue weighted by atomic mass is 35.5. The minimum absolute atomic E-state index is 0.0986. The Morgan fingerprint density at radius 2 is 0.667 bits per heavy atom. The van der Waals surface area contributed by atoms with E-state index in [4.69, 9.17) is 34.8 Å². The van der Waals surface area contributed by atoms with E-state index >= 15 is 0 Å². The van der Waals surface area contributed by atoms with Gasteiger partial charge in [-0.2, -0.15) is 0 Å². The Labute approximate surface area is 222 Å². The lowest BCUT2D eigenvalue weighted by atomic mass is 10.0. The standard InChI is InChI=1S/C27H18Cl3N3O3/c28-19-7-1-16(2-8-19)22(13-34)25-31-26(23(14-35)17-3-9-20(29)10-4-17)33-27(32-25)24(15-36)18-5-11-21(30)12-6-18/h1-15,34-36H/b22-13-,23-14+,24-15+. The maximum atomic E-state index is 10.1. The maximum Gasteiger partial charge on any atom is 0.167 e. The van der Waals surface area contributed by atoms with Crippen LogP contribution < -0.4 is 0 Å². The van der Waals surface area contributed by atoms with Crippen LogP contribution in [0.25, 0.3) is 16.7 Å². The molecule has 3 N–H and O–H groups in total. The second-order valence-corrected chi connectivity index (χ2v) is 8.76. The normalized spacial score (nSPS) is 12.6. The molecule has 6 nitrogen and oxygen atoms in total. The molecule has 0 saturated carbocycles. The van der Waals surface area contributed by atoms with Gasteiger partial charge >= 0.3 is 0 Å². The number of hydrogen-bond acceptors (Lipinski definition) is 6. The summed E-state index contributed by atoms with van der Waals surface area (Å²) in [5, 5.41) is 31.9. The quantitative estimate of drug-likeness (QED) is 0.218. The molecule has 0 atom stereocenters. The van der Waals surface area contributed by atoms with Crippen LogP contribution in [0.2, 0.25) is 15.1 Å². The SMILES string of the molecule is O/C=C(/c1ccc(Cl)cc1)c1nc(/C(=C/O)c2ccc(Cl)cc2)nc(/C(=C/O)c2ccc(Cl)cc2)n1. The Morgan fingerprint density at radius 3 is 0.861 bits per heavy atom. The minimum atomic E-state index is 0.0986. The predicted molar refractivity (Wildman–Crippen MR) is 143 cm³/mol. The van der Waals surface area contributed by atoms with Crippen molar-refractivity contribution in [2.24, 2.45) is 0 Å². The van der Waals surface area contributed by atoms with E-state index in [-0.39, 0.29) is 34.2 Å². The van der Waals surface area contributed by atoms with E-state index in [1.54, 1.807) is 72.8 Å². The second kappa shape index (κ2) is 11.3. The van der Waals surface area contributed by atoms with Gasteiger partial charge in [0.05, 0.1) is 35.5 Å². The fraction of sp³-hybridized carbons (Fsp3) is 0. The van der Waals surface area contributed by atoms with E-state index in [1.165, 1.54) is 0 Å². The molecule has 0 radical (unpaired) electrons. The van der Waals surface area contributed by atoms with Crippen LogP contribution in [0.1, 0.15) is 34.2 Å². The molecule has 180 valence electrons. The van der Waals surface area contributed by atoms with Gasteiger partial charge in [-0.05, 0) is 53.1 Å². The second-order valence-electron chi connectivity index (χ2n) is 7.46. The molecule has 0 aliphatic rings. The van der Waals surface area contributed by atoms with Crippen molar-refractivity contribution < 1.29 is 15.3 Å². The Morgan fingerprint density at radius 1 is 0.444 bits per heavy atom. The monoisotopic (exact) mass is 537 g/mol. The summed E-state index contributed by atoms with van der Waals surface area (Å²) < 4.78 is 0. The van der Waals surface area contributed by atoms with Crippen LogP contribution in [0.5, 0.6) is 0 Å². The molecule has 0 fully saturated rings. The van der Waals surface area contributed by atoms with Gasteiger partial charge in [0.2, 0.25) is 0 Å². The van der Waals surface area contributed by atoms with Gasteiger partial charge in [0.1, 0.15) is 0 Å². The van der Waals surface area contributed by atoms with Crippen molar-refractivity contribution in [3.05, 3.63) is 141 Å². The van der Waals surface area contributed by atoms with E-state index < -0.39 is 0 Å². The molecule has 0 aliphatic heterocycles. The lowest BCUT2D eigenvalue weighted by molar-refractivity contribution is 0.475. The number of aliphatic hydroxyl groups excluding tert-OH is 3. The average molecular weight is 539 g/mol. The molecule has 0 amide bonds. The number of aliphatic hydroxyl groups is 3. The van der Waals surface area contributed by atoms with Gasteiger partial charge in [-0.15, -0.1) is 0 Å². The Hall–Kier alpha value is -3.84. The first kappa shape index (κ1) is 25.3. The molecular weight excluding hydrogens is 521 g/mol. The van der Waals surface area contributed by atoms with Crippen molar-refractivity contribution in [2.75, 3.05) is 0 Å². The molecule has 4 aromatic rings. The van der Waals surface area contributed by atoms with Crippen LogP contribution in [-0.4, -0.2) is 30.3 Å². The lowest BCUT2D eigenvalue weighted by Gasteiger charge is -2.13. The molecule has 1 heterocycles. The summed E-state index contributed by atoms with van der Waals surface area (Å²) in [7, 11) is 0. The van der Waals surface area contributed by atoms with Crippen LogP contribution >= 0.6 is 34.8 Å². The third-order valence-electron chi connectivity index (χ3n) is 5.21. The number of halogens is 3. The van der Waals surface area contributed by atoms with Crippen LogP contribution in [0, 0.1) is 0 Å². The predicted octanol–water partition coefficient (Wildman–Crippen LogP) is 7.67. The Kier molecular flexibility index (Phi) is 7.90. The van der Waals surface area contributed by atoms with Crippen molar-refractivity contribution in [1.29, 1.82) is 0 Å². The van der Waals surface area contributed by atoms with Crippen LogP contribution in [-0.2, 0) is 0 Å². The van der Waals surface area contributed by atoms with E-state index in [2.05, 4.69) is 15.0 Å². The number of nitrogens with zero attached hydrogens (tertiary/aromatic N) is 3. The molecule has 0 bridgehead atoms. The molecule has 0 saturated heterocycles. The highest BCUT2D eigenvalue weighted by molar-refractivity contribution is 6.31. The van der Waals surface area contributed by atoms with Gasteiger partial charge < -0.3 is 15.3 Å². The summed E-state index contributed by atoms with van der Waals surface area (Å²) in [4.78, 5) is 13.6. The molecule has 9 heteroatoms. The molecule has 0 aliphatic carbocycles. The van der Waals surface area contributed by atoms with Gasteiger partial charge in [-0.3, -0.25) is 0 Å².